The van der Waals surface area contributed by atoms with E-state index in [4.69, 9.17) is 4.43 Å². The molecule has 0 saturated heterocycles. The highest BCUT2D eigenvalue weighted by molar-refractivity contribution is 6.69. The van der Waals surface area contributed by atoms with Crippen molar-refractivity contribution in [3.05, 3.63) is 35.9 Å². The van der Waals surface area contributed by atoms with Crippen LogP contribution in [0.4, 0.5) is 0 Å². The van der Waals surface area contributed by atoms with Crippen LogP contribution in [0.2, 0.25) is 19.6 Å². The van der Waals surface area contributed by atoms with E-state index in [1.165, 1.54) is 89.0 Å². The second kappa shape index (κ2) is 30.4. The van der Waals surface area contributed by atoms with E-state index in [-0.39, 0.29) is 0 Å². The maximum Gasteiger partial charge on any atom is 0.183 e. The first-order valence-electron chi connectivity index (χ1n) is 14.0. The number of benzene rings is 1. The lowest BCUT2D eigenvalue weighted by atomic mass is 10.0. The lowest BCUT2D eigenvalue weighted by Crippen LogP contribution is -2.25. The minimum atomic E-state index is -1.18. The van der Waals surface area contributed by atoms with Crippen LogP contribution in [0.5, 0.6) is 0 Å². The number of hydrogen-bond donors (Lipinski definition) is 0. The Morgan fingerprint density at radius 1 is 0.594 bits per heavy atom. The predicted molar refractivity (Wildman–Crippen MR) is 154 cm³/mol. The summed E-state index contributed by atoms with van der Waals surface area (Å²) >= 11 is 0. The Morgan fingerprint density at radius 2 is 0.969 bits per heavy atom. The molecule has 0 unspecified atom stereocenters. The monoisotopic (exact) mass is 466 g/mol. The molecule has 0 radical (unpaired) electrons. The molecule has 0 amide bonds. The van der Waals surface area contributed by atoms with Crippen molar-refractivity contribution in [2.75, 3.05) is 6.61 Å². The number of aryl methyl sites for hydroxylation is 1. The van der Waals surface area contributed by atoms with Crippen LogP contribution in [-0.4, -0.2) is 14.9 Å². The van der Waals surface area contributed by atoms with Crippen LogP contribution in [0.25, 0.3) is 0 Å². The van der Waals surface area contributed by atoms with Crippen LogP contribution < -0.4 is 0 Å². The summed E-state index contributed by atoms with van der Waals surface area (Å²) in [5.74, 6) is 0. The zero-order valence-electron chi connectivity index (χ0n) is 23.9. The van der Waals surface area contributed by atoms with Gasteiger partial charge < -0.3 is 4.43 Å². The minimum absolute atomic E-state index is 0.940. The molecule has 0 aliphatic heterocycles. The Balaban J connectivity index is -0.000000346. The van der Waals surface area contributed by atoms with Gasteiger partial charge in [-0.2, -0.15) is 0 Å². The molecule has 1 fully saturated rings. The van der Waals surface area contributed by atoms with Crippen molar-refractivity contribution >= 4 is 8.32 Å². The van der Waals surface area contributed by atoms with Gasteiger partial charge in [0.15, 0.2) is 8.32 Å². The van der Waals surface area contributed by atoms with Gasteiger partial charge in [0.25, 0.3) is 0 Å². The van der Waals surface area contributed by atoms with Gasteiger partial charge in [-0.3, -0.25) is 0 Å². The zero-order valence-corrected chi connectivity index (χ0v) is 24.9. The molecule has 0 heterocycles. The predicted octanol–water partition coefficient (Wildman–Crippen LogP) is 11.2. The van der Waals surface area contributed by atoms with E-state index in [1.807, 2.05) is 0 Å². The van der Waals surface area contributed by atoms with Crippen LogP contribution >= 0.6 is 0 Å². The first kappa shape index (κ1) is 36.0. The molecular weight excluding hydrogens is 404 g/mol. The summed E-state index contributed by atoms with van der Waals surface area (Å²) in [4.78, 5) is 0. The van der Waals surface area contributed by atoms with Gasteiger partial charge in [-0.1, -0.05) is 149 Å². The van der Waals surface area contributed by atoms with E-state index in [0.717, 1.165) is 13.0 Å². The van der Waals surface area contributed by atoms with Gasteiger partial charge in [0.05, 0.1) is 0 Å². The molecule has 2 rings (SSSR count). The van der Waals surface area contributed by atoms with Crippen molar-refractivity contribution in [3.8, 4) is 0 Å². The van der Waals surface area contributed by atoms with Gasteiger partial charge in [-0.25, -0.2) is 0 Å². The van der Waals surface area contributed by atoms with E-state index in [1.54, 1.807) is 0 Å². The molecule has 1 aromatic carbocycles. The highest BCUT2D eigenvalue weighted by atomic mass is 28.4. The minimum Gasteiger partial charge on any atom is -0.418 e. The molecule has 1 aromatic rings. The third-order valence-electron chi connectivity index (χ3n) is 4.62. The van der Waals surface area contributed by atoms with Gasteiger partial charge in [0.1, 0.15) is 0 Å². The van der Waals surface area contributed by atoms with Crippen molar-refractivity contribution < 1.29 is 4.43 Å². The molecule has 0 spiro atoms. The molecule has 1 nitrogen and oxygen atoms in total. The van der Waals surface area contributed by atoms with Crippen molar-refractivity contribution in [1.82, 2.24) is 0 Å². The van der Waals surface area contributed by atoms with Crippen LogP contribution in [0.15, 0.2) is 30.3 Å². The lowest BCUT2D eigenvalue weighted by Gasteiger charge is -2.15. The third-order valence-corrected chi connectivity index (χ3v) is 5.69. The Bertz CT molecular complexity index is 385. The van der Waals surface area contributed by atoms with E-state index in [0.29, 0.717) is 0 Å². The van der Waals surface area contributed by atoms with E-state index in [2.05, 4.69) is 91.5 Å². The zero-order chi connectivity index (χ0) is 24.9. The van der Waals surface area contributed by atoms with Crippen LogP contribution in [0, 0.1) is 0 Å². The molecule has 2 heteroatoms. The molecule has 0 bridgehead atoms. The SMILES string of the molecule is C1CCCCCCC1.CCC.CCCC.CCCO[Si](C)(C)C.CCCc1ccccc1. The number of rotatable bonds is 6. The smallest absolute Gasteiger partial charge is 0.183 e. The highest BCUT2D eigenvalue weighted by Crippen LogP contribution is 2.15. The first-order chi connectivity index (χ1) is 15.3. The van der Waals surface area contributed by atoms with Crippen molar-refractivity contribution in [2.24, 2.45) is 0 Å². The fraction of sp³-hybridized carbons (Fsp3) is 0.800. The molecule has 1 saturated carbocycles. The molecule has 0 atom stereocenters. The van der Waals surface area contributed by atoms with E-state index < -0.39 is 8.32 Å². The fourth-order valence-electron chi connectivity index (χ4n) is 2.76. The van der Waals surface area contributed by atoms with Gasteiger partial charge in [-0.15, -0.1) is 0 Å². The number of hydrogen-bond acceptors (Lipinski definition) is 1. The third kappa shape index (κ3) is 39.8. The van der Waals surface area contributed by atoms with E-state index in [9.17, 15) is 0 Å². The summed E-state index contributed by atoms with van der Waals surface area (Å²) in [6.07, 6.45) is 19.5. The first-order valence-corrected chi connectivity index (χ1v) is 17.4. The molecular formula is C30H62OSi. The van der Waals surface area contributed by atoms with Crippen LogP contribution in [0.3, 0.4) is 0 Å². The maximum atomic E-state index is 5.52. The lowest BCUT2D eigenvalue weighted by molar-refractivity contribution is 0.311. The largest absolute Gasteiger partial charge is 0.418 e. The van der Waals surface area contributed by atoms with E-state index >= 15 is 0 Å². The molecule has 0 N–H and O–H groups in total. The average Bonchev–Trinajstić information content (AvgIpc) is 2.74. The Morgan fingerprint density at radius 3 is 1.19 bits per heavy atom. The maximum absolute atomic E-state index is 5.52. The summed E-state index contributed by atoms with van der Waals surface area (Å²) < 4.78 is 5.52. The van der Waals surface area contributed by atoms with Gasteiger partial charge >= 0.3 is 0 Å². The summed E-state index contributed by atoms with van der Waals surface area (Å²) in [6, 6.07) is 10.6. The van der Waals surface area contributed by atoms with Crippen LogP contribution in [-0.2, 0) is 10.8 Å². The van der Waals surface area contributed by atoms with Crippen molar-refractivity contribution in [2.45, 2.75) is 151 Å². The fourth-order valence-corrected chi connectivity index (χ4v) is 3.57. The molecule has 1 aliphatic carbocycles. The Hall–Kier alpha value is -0.603. The Labute approximate surface area is 206 Å². The standard InChI is InChI=1S/C9H12.C8H16.C6H16OSi.C4H10.C3H8/c1-2-6-9-7-4-3-5-8-9;1-2-4-6-8-7-5-3-1;1-5-6-7-8(2,3)4;1-3-4-2;1-3-2/h3-5,7-8H,2,6H2,1H3;1-8H2;5-6H2,1-4H3;3-4H2,1-2H3;3H2,1-2H3. The second-order valence-electron chi connectivity index (χ2n) is 9.73. The van der Waals surface area contributed by atoms with Gasteiger partial charge in [0.2, 0.25) is 0 Å². The summed E-state index contributed by atoms with van der Waals surface area (Å²) in [7, 11) is -1.18. The summed E-state index contributed by atoms with van der Waals surface area (Å²) in [6.45, 7) is 20.5. The molecule has 0 aromatic heterocycles. The van der Waals surface area contributed by atoms with Gasteiger partial charge in [0, 0.05) is 6.61 Å². The summed E-state index contributed by atoms with van der Waals surface area (Å²) in [5.41, 5.74) is 1.44. The average molecular weight is 467 g/mol. The molecule has 192 valence electrons. The topological polar surface area (TPSA) is 9.23 Å². The Kier molecular flexibility index (Phi) is 34.2. The highest BCUT2D eigenvalue weighted by Gasteiger charge is 2.12. The van der Waals surface area contributed by atoms with Crippen molar-refractivity contribution in [3.63, 3.8) is 0 Å². The quantitative estimate of drug-likeness (QED) is 0.379. The molecule has 32 heavy (non-hydrogen) atoms. The normalized spacial score (nSPS) is 13.2. The second-order valence-corrected chi connectivity index (χ2v) is 14.2. The van der Waals surface area contributed by atoms with Crippen LogP contribution in [0.1, 0.15) is 131 Å². The summed E-state index contributed by atoms with van der Waals surface area (Å²) in [5, 5.41) is 0. The van der Waals surface area contributed by atoms with Crippen molar-refractivity contribution in [1.29, 1.82) is 0 Å². The molecule has 1 aliphatic rings. The van der Waals surface area contributed by atoms with Gasteiger partial charge in [-0.05, 0) is 38.0 Å². The number of unbranched alkanes of at least 4 members (excludes halogenated alkanes) is 1.